The maximum Gasteiger partial charge on any atom is 0.223 e. The molecular formula is C21H21N5OS. The third-order valence-electron chi connectivity index (χ3n) is 5.12. The molecule has 1 saturated heterocycles. The minimum Gasteiger partial charge on any atom is -0.342 e. The summed E-state index contributed by atoms with van der Waals surface area (Å²) in [6.07, 6.45) is 2.24. The average molecular weight is 392 g/mol. The Labute approximate surface area is 167 Å². The summed E-state index contributed by atoms with van der Waals surface area (Å²) in [5.41, 5.74) is 3.17. The zero-order valence-electron chi connectivity index (χ0n) is 15.6. The summed E-state index contributed by atoms with van der Waals surface area (Å²) < 4.78 is 7.49. The number of fused-ring (bicyclic) bond motifs is 1. The molecule has 0 saturated carbocycles. The number of hydrogen-bond donors (Lipinski definition) is 1. The van der Waals surface area contributed by atoms with Gasteiger partial charge < -0.3 is 9.51 Å². The molecule has 0 unspecified atom stereocenters. The fraction of sp³-hybridized carbons (Fsp3) is 0.286. The Kier molecular flexibility index (Phi) is 4.62. The zero-order chi connectivity index (χ0) is 18.9. The average Bonchev–Trinajstić information content (AvgIpc) is 3.35. The van der Waals surface area contributed by atoms with Crippen LogP contribution in [0.15, 0.2) is 57.9 Å². The van der Waals surface area contributed by atoms with Crippen LogP contribution in [0.1, 0.15) is 30.5 Å². The van der Waals surface area contributed by atoms with E-state index in [0.717, 1.165) is 48.4 Å². The summed E-state index contributed by atoms with van der Waals surface area (Å²) in [7, 11) is 0. The van der Waals surface area contributed by atoms with E-state index in [2.05, 4.69) is 49.8 Å². The fourth-order valence-corrected chi connectivity index (χ4v) is 4.57. The minimum absolute atomic E-state index is 0.508. The van der Waals surface area contributed by atoms with Gasteiger partial charge in [0.2, 0.25) is 11.7 Å². The molecule has 1 fully saturated rings. The number of hydrogen-bond acceptors (Lipinski definition) is 6. The normalized spacial score (nSPS) is 16.0. The first kappa shape index (κ1) is 17.5. The molecule has 28 heavy (non-hydrogen) atoms. The van der Waals surface area contributed by atoms with Crippen LogP contribution < -0.4 is 0 Å². The van der Waals surface area contributed by atoms with Gasteiger partial charge in [0.25, 0.3) is 0 Å². The zero-order valence-corrected chi connectivity index (χ0v) is 16.4. The highest BCUT2D eigenvalue weighted by Gasteiger charge is 2.23. The van der Waals surface area contributed by atoms with Crippen LogP contribution in [0.4, 0.5) is 0 Å². The highest BCUT2D eigenvalue weighted by Crippen LogP contribution is 2.33. The summed E-state index contributed by atoms with van der Waals surface area (Å²) >= 11 is 1.81. The van der Waals surface area contributed by atoms with Gasteiger partial charge in [0, 0.05) is 36.4 Å². The van der Waals surface area contributed by atoms with Gasteiger partial charge in [0.15, 0.2) is 0 Å². The van der Waals surface area contributed by atoms with Crippen molar-refractivity contribution < 1.29 is 4.52 Å². The largest absolute Gasteiger partial charge is 0.342 e. The van der Waals surface area contributed by atoms with Crippen LogP contribution in [-0.2, 0) is 0 Å². The summed E-state index contributed by atoms with van der Waals surface area (Å²) in [5, 5.41) is 3.97. The molecule has 3 heterocycles. The Morgan fingerprint density at radius 1 is 1.04 bits per heavy atom. The van der Waals surface area contributed by atoms with E-state index < -0.39 is 0 Å². The maximum atomic E-state index is 5.05. The van der Waals surface area contributed by atoms with E-state index in [0.29, 0.717) is 17.6 Å². The van der Waals surface area contributed by atoms with Crippen molar-refractivity contribution in [1.29, 1.82) is 0 Å². The molecule has 4 aromatic rings. The number of benzene rings is 2. The Bertz CT molecular complexity index is 1050. The lowest BCUT2D eigenvalue weighted by atomic mass is 9.97. The third kappa shape index (κ3) is 3.55. The second kappa shape index (κ2) is 7.41. The van der Waals surface area contributed by atoms with Gasteiger partial charge in [-0.25, -0.2) is 9.29 Å². The second-order valence-corrected chi connectivity index (χ2v) is 8.27. The van der Waals surface area contributed by atoms with Crippen molar-refractivity contribution in [3.05, 3.63) is 60.2 Å². The molecule has 0 radical (unpaired) electrons. The number of piperidine rings is 1. The second-order valence-electron chi connectivity index (χ2n) is 7.10. The quantitative estimate of drug-likeness (QED) is 0.504. The molecule has 6 nitrogen and oxygen atoms in total. The number of aryl methyl sites for hydroxylation is 1. The van der Waals surface area contributed by atoms with Crippen LogP contribution in [0.2, 0.25) is 0 Å². The van der Waals surface area contributed by atoms with Crippen molar-refractivity contribution >= 4 is 23.0 Å². The van der Waals surface area contributed by atoms with Gasteiger partial charge in [-0.2, -0.15) is 4.98 Å². The molecule has 1 aliphatic heterocycles. The van der Waals surface area contributed by atoms with E-state index in [1.165, 1.54) is 4.90 Å². The minimum atomic E-state index is 0.508. The molecule has 0 amide bonds. The number of aromatic nitrogens is 4. The molecule has 142 valence electrons. The highest BCUT2D eigenvalue weighted by molar-refractivity contribution is 7.97. The number of imidazole rings is 1. The first-order valence-electron chi connectivity index (χ1n) is 9.53. The molecule has 0 bridgehead atoms. The maximum absolute atomic E-state index is 5.05. The van der Waals surface area contributed by atoms with Gasteiger partial charge >= 0.3 is 0 Å². The highest BCUT2D eigenvalue weighted by atomic mass is 32.2. The van der Waals surface area contributed by atoms with Crippen LogP contribution >= 0.6 is 11.9 Å². The molecule has 5 rings (SSSR count). The van der Waals surface area contributed by atoms with Gasteiger partial charge in [-0.3, -0.25) is 0 Å². The van der Waals surface area contributed by atoms with E-state index in [4.69, 9.17) is 9.51 Å². The molecule has 0 atom stereocenters. The van der Waals surface area contributed by atoms with Crippen molar-refractivity contribution in [2.45, 2.75) is 30.6 Å². The first-order valence-corrected chi connectivity index (χ1v) is 10.3. The number of rotatable bonds is 4. The number of H-pyrrole nitrogens is 1. The van der Waals surface area contributed by atoms with Crippen LogP contribution in [0.25, 0.3) is 22.4 Å². The Hall–Kier alpha value is -2.64. The molecule has 2 aromatic carbocycles. The molecule has 0 aliphatic carbocycles. The lowest BCUT2D eigenvalue weighted by Crippen LogP contribution is -2.27. The Morgan fingerprint density at radius 3 is 2.54 bits per heavy atom. The molecule has 1 N–H and O–H groups in total. The summed E-state index contributed by atoms with van der Waals surface area (Å²) in [5.74, 6) is 2.86. The fourth-order valence-electron chi connectivity index (χ4n) is 3.62. The van der Waals surface area contributed by atoms with Gasteiger partial charge in [-0.1, -0.05) is 17.3 Å². The number of aromatic amines is 1. The van der Waals surface area contributed by atoms with Crippen LogP contribution in [0, 0.1) is 6.92 Å². The SMILES string of the molecule is Cc1nc(-c2ccc(SN3CCC(c4nc5ccccc5[nH]4)CC3)cc2)no1. The smallest absolute Gasteiger partial charge is 0.223 e. The monoisotopic (exact) mass is 391 g/mol. The van der Waals surface area contributed by atoms with E-state index in [1.807, 2.05) is 30.1 Å². The van der Waals surface area contributed by atoms with Crippen LogP contribution in [-0.4, -0.2) is 37.5 Å². The van der Waals surface area contributed by atoms with Gasteiger partial charge in [0.1, 0.15) is 5.82 Å². The van der Waals surface area contributed by atoms with Gasteiger partial charge in [-0.05, 0) is 61.2 Å². The van der Waals surface area contributed by atoms with E-state index in [9.17, 15) is 0 Å². The van der Waals surface area contributed by atoms with Crippen molar-refractivity contribution in [3.8, 4) is 11.4 Å². The van der Waals surface area contributed by atoms with E-state index >= 15 is 0 Å². The standard InChI is InChI=1S/C21H21N5OS/c1-14-22-21(25-27-14)15-6-8-17(9-7-15)28-26-12-10-16(11-13-26)20-23-18-4-2-3-5-19(18)24-20/h2-9,16H,10-13H2,1H3,(H,23,24). The molecule has 1 aliphatic rings. The molecule has 2 aromatic heterocycles. The topological polar surface area (TPSA) is 70.8 Å². The van der Waals surface area contributed by atoms with E-state index in [-0.39, 0.29) is 0 Å². The number of nitrogens with one attached hydrogen (secondary N) is 1. The molecule has 0 spiro atoms. The molecular weight excluding hydrogens is 370 g/mol. The Morgan fingerprint density at radius 2 is 1.82 bits per heavy atom. The lowest BCUT2D eigenvalue weighted by Gasteiger charge is -2.29. The van der Waals surface area contributed by atoms with Crippen LogP contribution in [0.3, 0.4) is 0 Å². The first-order chi connectivity index (χ1) is 13.7. The lowest BCUT2D eigenvalue weighted by molar-refractivity contribution is 0.339. The summed E-state index contributed by atoms with van der Waals surface area (Å²) in [4.78, 5) is 13.8. The number of nitrogens with zero attached hydrogens (tertiary/aromatic N) is 4. The van der Waals surface area contributed by atoms with Crippen molar-refractivity contribution in [3.63, 3.8) is 0 Å². The predicted molar refractivity (Wildman–Crippen MR) is 110 cm³/mol. The van der Waals surface area contributed by atoms with Crippen LogP contribution in [0.5, 0.6) is 0 Å². The van der Waals surface area contributed by atoms with Crippen molar-refractivity contribution in [2.75, 3.05) is 13.1 Å². The van der Waals surface area contributed by atoms with Gasteiger partial charge in [0.05, 0.1) is 11.0 Å². The van der Waals surface area contributed by atoms with Gasteiger partial charge in [-0.15, -0.1) is 0 Å². The summed E-state index contributed by atoms with van der Waals surface area (Å²) in [6.45, 7) is 3.91. The Balaban J connectivity index is 1.20. The van der Waals surface area contributed by atoms with E-state index in [1.54, 1.807) is 6.92 Å². The summed E-state index contributed by atoms with van der Waals surface area (Å²) in [6, 6.07) is 16.6. The molecule has 7 heteroatoms. The third-order valence-corrected chi connectivity index (χ3v) is 6.23. The number of para-hydroxylation sites is 2. The van der Waals surface area contributed by atoms with Crippen molar-refractivity contribution in [2.24, 2.45) is 0 Å². The predicted octanol–water partition coefficient (Wildman–Crippen LogP) is 4.81. The van der Waals surface area contributed by atoms with Crippen molar-refractivity contribution in [1.82, 2.24) is 24.4 Å².